The van der Waals surface area contributed by atoms with Crippen LogP contribution in [0.3, 0.4) is 0 Å². The molecule has 0 saturated heterocycles. The van der Waals surface area contributed by atoms with Crippen molar-refractivity contribution in [1.29, 1.82) is 0 Å². The second-order valence-electron chi connectivity index (χ2n) is 7.86. The van der Waals surface area contributed by atoms with Crippen molar-refractivity contribution in [3.63, 3.8) is 0 Å². The number of aryl methyl sites for hydroxylation is 1. The number of fused-ring (bicyclic) bond motifs is 3. The van der Waals surface area contributed by atoms with E-state index < -0.39 is 4.92 Å². The van der Waals surface area contributed by atoms with Gasteiger partial charge in [-0.05, 0) is 55.0 Å². The molecule has 0 radical (unpaired) electrons. The minimum absolute atomic E-state index is 0.0728. The molecule has 0 bridgehead atoms. The van der Waals surface area contributed by atoms with E-state index in [1.807, 2.05) is 12.1 Å². The number of nitro benzene ring substituents is 1. The highest BCUT2D eigenvalue weighted by atomic mass is 16.6. The minimum atomic E-state index is -0.501. The van der Waals surface area contributed by atoms with E-state index in [-0.39, 0.29) is 23.5 Å². The molecule has 0 fully saturated rings. The number of benzene rings is 2. The molecule has 31 heavy (non-hydrogen) atoms. The lowest BCUT2D eigenvalue weighted by atomic mass is 9.87. The summed E-state index contributed by atoms with van der Waals surface area (Å²) >= 11 is 0. The number of nitrogens with one attached hydrogen (secondary N) is 2. The average Bonchev–Trinajstić information content (AvgIpc) is 3.37. The average molecular weight is 417 g/mol. The number of anilines is 1. The Morgan fingerprint density at radius 3 is 2.97 bits per heavy atom. The summed E-state index contributed by atoms with van der Waals surface area (Å²) in [7, 11) is 0. The lowest BCUT2D eigenvalue weighted by Gasteiger charge is -2.18. The molecule has 1 aliphatic carbocycles. The highest BCUT2D eigenvalue weighted by Crippen LogP contribution is 2.32. The third-order valence-corrected chi connectivity index (χ3v) is 5.65. The third kappa shape index (κ3) is 3.54. The molecule has 0 saturated carbocycles. The van der Waals surface area contributed by atoms with Crippen LogP contribution in [-0.2, 0) is 12.8 Å². The van der Waals surface area contributed by atoms with Crippen molar-refractivity contribution in [3.05, 3.63) is 69.4 Å². The van der Waals surface area contributed by atoms with Crippen molar-refractivity contribution in [1.82, 2.24) is 15.2 Å². The van der Waals surface area contributed by atoms with E-state index in [4.69, 9.17) is 4.42 Å². The first-order valence-electron chi connectivity index (χ1n) is 10.0. The SMILES string of the molecule is C[C@@H]1CCc2[nH]c3ccc(C(=O)Nc4nnc(-c5cccc([N+](=O)[O-])c5)o4)cc3c2C1. The number of H-pyrrole nitrogens is 1. The molecule has 5 rings (SSSR count). The number of aromatic amines is 1. The van der Waals surface area contributed by atoms with Crippen LogP contribution in [0, 0.1) is 16.0 Å². The summed E-state index contributed by atoms with van der Waals surface area (Å²) in [6, 6.07) is 11.3. The number of carbonyl (C=O) groups excluding carboxylic acids is 1. The quantitative estimate of drug-likeness (QED) is 0.372. The van der Waals surface area contributed by atoms with Gasteiger partial charge in [0, 0.05) is 39.9 Å². The highest BCUT2D eigenvalue weighted by Gasteiger charge is 2.21. The van der Waals surface area contributed by atoms with E-state index in [9.17, 15) is 14.9 Å². The van der Waals surface area contributed by atoms with E-state index in [0.717, 1.165) is 30.2 Å². The van der Waals surface area contributed by atoms with E-state index >= 15 is 0 Å². The fourth-order valence-corrected chi connectivity index (χ4v) is 4.04. The van der Waals surface area contributed by atoms with E-state index in [2.05, 4.69) is 27.4 Å². The minimum Gasteiger partial charge on any atom is -0.403 e. The number of nitrogens with zero attached hydrogens (tertiary/aromatic N) is 3. The summed E-state index contributed by atoms with van der Waals surface area (Å²) in [4.78, 5) is 26.7. The van der Waals surface area contributed by atoms with E-state index in [0.29, 0.717) is 17.0 Å². The van der Waals surface area contributed by atoms with Crippen LogP contribution >= 0.6 is 0 Å². The molecule has 4 aromatic rings. The van der Waals surface area contributed by atoms with Gasteiger partial charge < -0.3 is 9.40 Å². The molecule has 156 valence electrons. The third-order valence-electron chi connectivity index (χ3n) is 5.65. The number of aromatic nitrogens is 3. The van der Waals surface area contributed by atoms with E-state index in [1.54, 1.807) is 12.1 Å². The maximum Gasteiger partial charge on any atom is 0.322 e. The molecule has 1 amide bonds. The molecule has 1 atom stereocenters. The standard InChI is InChI=1S/C22H19N5O4/c1-12-5-7-18-16(9-12)17-11-13(6-8-19(17)23-18)20(28)24-22-26-25-21(31-22)14-3-2-4-15(10-14)27(29)30/h2-4,6,8,10-12,23H,5,7,9H2,1H3,(H,24,26,28)/t12-/m1/s1. The molecule has 0 spiro atoms. The molecule has 1 aliphatic rings. The predicted molar refractivity (Wildman–Crippen MR) is 114 cm³/mol. The molecular formula is C22H19N5O4. The van der Waals surface area contributed by atoms with Crippen molar-refractivity contribution >= 4 is 28.5 Å². The number of nitro groups is 1. The normalized spacial score (nSPS) is 15.6. The van der Waals surface area contributed by atoms with Gasteiger partial charge in [-0.1, -0.05) is 18.1 Å². The van der Waals surface area contributed by atoms with Gasteiger partial charge in [-0.3, -0.25) is 20.2 Å². The maximum absolute atomic E-state index is 12.8. The number of hydrogen-bond donors (Lipinski definition) is 2. The first kappa shape index (κ1) is 19.0. The van der Waals surface area contributed by atoms with Crippen LogP contribution in [0.5, 0.6) is 0 Å². The Balaban J connectivity index is 1.38. The van der Waals surface area contributed by atoms with Gasteiger partial charge in [-0.15, -0.1) is 5.10 Å². The molecule has 0 unspecified atom stereocenters. The van der Waals surface area contributed by atoms with Gasteiger partial charge in [-0.2, -0.15) is 0 Å². The van der Waals surface area contributed by atoms with Crippen molar-refractivity contribution in [2.75, 3.05) is 5.32 Å². The van der Waals surface area contributed by atoms with Gasteiger partial charge in [0.1, 0.15) is 0 Å². The molecule has 9 heteroatoms. The Morgan fingerprint density at radius 2 is 2.13 bits per heavy atom. The number of carbonyl (C=O) groups is 1. The fourth-order valence-electron chi connectivity index (χ4n) is 4.04. The van der Waals surface area contributed by atoms with Crippen LogP contribution < -0.4 is 5.32 Å². The van der Waals surface area contributed by atoms with Crippen LogP contribution in [0.1, 0.15) is 35.0 Å². The predicted octanol–water partition coefficient (Wildman–Crippen LogP) is 4.50. The molecular weight excluding hydrogens is 398 g/mol. The zero-order chi connectivity index (χ0) is 21.5. The fraction of sp³-hybridized carbons (Fsp3) is 0.227. The first-order valence-corrected chi connectivity index (χ1v) is 10.0. The monoisotopic (exact) mass is 417 g/mol. The van der Waals surface area contributed by atoms with Gasteiger partial charge in [-0.25, -0.2) is 0 Å². The lowest BCUT2D eigenvalue weighted by Crippen LogP contribution is -2.12. The summed E-state index contributed by atoms with van der Waals surface area (Å²) in [6.07, 6.45) is 3.18. The Kier molecular flexibility index (Phi) is 4.50. The Labute approximate surface area is 176 Å². The maximum atomic E-state index is 12.8. The summed E-state index contributed by atoms with van der Waals surface area (Å²) in [5.74, 6) is 0.340. The molecule has 2 aromatic heterocycles. The smallest absolute Gasteiger partial charge is 0.322 e. The van der Waals surface area contributed by atoms with Gasteiger partial charge >= 0.3 is 6.01 Å². The van der Waals surface area contributed by atoms with Gasteiger partial charge in [0.2, 0.25) is 5.89 Å². The first-order chi connectivity index (χ1) is 15.0. The summed E-state index contributed by atoms with van der Waals surface area (Å²) in [6.45, 7) is 2.24. The van der Waals surface area contributed by atoms with Crippen LogP contribution in [0.2, 0.25) is 0 Å². The van der Waals surface area contributed by atoms with Gasteiger partial charge in [0.05, 0.1) is 4.92 Å². The van der Waals surface area contributed by atoms with Crippen LogP contribution in [0.25, 0.3) is 22.4 Å². The second kappa shape index (κ2) is 7.35. The summed E-state index contributed by atoms with van der Waals surface area (Å²) in [5.41, 5.74) is 4.37. The number of non-ortho nitro benzene ring substituents is 1. The van der Waals surface area contributed by atoms with Gasteiger partial charge in [0.25, 0.3) is 11.6 Å². The zero-order valence-electron chi connectivity index (χ0n) is 16.7. The molecule has 0 aliphatic heterocycles. The lowest BCUT2D eigenvalue weighted by molar-refractivity contribution is -0.384. The van der Waals surface area contributed by atoms with E-state index in [1.165, 1.54) is 29.5 Å². The summed E-state index contributed by atoms with van der Waals surface area (Å²) in [5, 5.41) is 22.4. The summed E-state index contributed by atoms with van der Waals surface area (Å²) < 4.78 is 5.49. The Morgan fingerprint density at radius 1 is 1.26 bits per heavy atom. The molecule has 2 N–H and O–H groups in total. The molecule has 9 nitrogen and oxygen atoms in total. The van der Waals surface area contributed by atoms with Crippen molar-refractivity contribution in [3.8, 4) is 11.5 Å². The van der Waals surface area contributed by atoms with Crippen LogP contribution in [0.4, 0.5) is 11.7 Å². The Bertz CT molecular complexity index is 1320. The van der Waals surface area contributed by atoms with Gasteiger partial charge in [0.15, 0.2) is 0 Å². The number of amides is 1. The number of rotatable bonds is 4. The second-order valence-corrected chi connectivity index (χ2v) is 7.86. The van der Waals surface area contributed by atoms with Crippen LogP contribution in [0.15, 0.2) is 46.9 Å². The van der Waals surface area contributed by atoms with Crippen LogP contribution in [-0.4, -0.2) is 26.0 Å². The number of hydrogen-bond acceptors (Lipinski definition) is 6. The Hall–Kier alpha value is -4.01. The van der Waals surface area contributed by atoms with Crippen molar-refractivity contribution in [2.45, 2.75) is 26.2 Å². The topological polar surface area (TPSA) is 127 Å². The van der Waals surface area contributed by atoms with Crippen molar-refractivity contribution in [2.24, 2.45) is 5.92 Å². The highest BCUT2D eigenvalue weighted by molar-refractivity contribution is 6.05. The molecule has 2 aromatic carbocycles. The largest absolute Gasteiger partial charge is 0.403 e. The zero-order valence-corrected chi connectivity index (χ0v) is 16.7. The molecule has 2 heterocycles. The van der Waals surface area contributed by atoms with Crippen molar-refractivity contribution < 1.29 is 14.1 Å².